The smallest absolute Gasteiger partial charge is 0.119 e. The first-order valence-electron chi connectivity index (χ1n) is 13.5. The van der Waals surface area contributed by atoms with E-state index in [-0.39, 0.29) is 23.2 Å². The Morgan fingerprint density at radius 1 is 0.634 bits per heavy atom. The van der Waals surface area contributed by atoms with Crippen LogP contribution < -0.4 is 0 Å². The highest BCUT2D eigenvalue weighted by molar-refractivity contribution is 5.77. The van der Waals surface area contributed by atoms with Crippen LogP contribution in [-0.4, -0.2) is 15.3 Å². The van der Waals surface area contributed by atoms with Crippen molar-refractivity contribution in [1.29, 1.82) is 0 Å². The molecule has 5 rings (SSSR count). The van der Waals surface area contributed by atoms with Crippen molar-refractivity contribution in [2.45, 2.75) is 12.8 Å². The molecule has 0 aliphatic heterocycles. The first-order chi connectivity index (χ1) is 19.9. The van der Waals surface area contributed by atoms with Crippen LogP contribution in [0.3, 0.4) is 0 Å². The lowest BCUT2D eigenvalue weighted by Gasteiger charge is -2.22. The zero-order chi connectivity index (χ0) is 28.8. The third-order valence-electron chi connectivity index (χ3n) is 7.23. The van der Waals surface area contributed by atoms with Crippen LogP contribution in [-0.2, 0) is 0 Å². The van der Waals surface area contributed by atoms with Gasteiger partial charge in [0.15, 0.2) is 0 Å². The Kier molecular flexibility index (Phi) is 8.17. The highest BCUT2D eigenvalue weighted by Gasteiger charge is 2.21. The maximum atomic E-state index is 11.2. The number of phenolic OH excluding ortho intramolecular Hbond substituents is 3. The lowest BCUT2D eigenvalue weighted by Crippen LogP contribution is -2.04. The fourth-order valence-corrected chi connectivity index (χ4v) is 5.14. The second-order valence-corrected chi connectivity index (χ2v) is 10.0. The summed E-state index contributed by atoms with van der Waals surface area (Å²) in [6.45, 7) is 5.97. The van der Waals surface area contributed by atoms with E-state index in [0.717, 1.165) is 50.1 Å². The average Bonchev–Trinajstić information content (AvgIpc) is 3.00. The molecule has 3 N–H and O–H groups in total. The molecule has 0 aromatic heterocycles. The van der Waals surface area contributed by atoms with Gasteiger partial charge in [0.05, 0.1) is 0 Å². The van der Waals surface area contributed by atoms with Gasteiger partial charge >= 0.3 is 0 Å². The van der Waals surface area contributed by atoms with Crippen molar-refractivity contribution >= 4 is 5.57 Å². The predicted molar refractivity (Wildman–Crippen MR) is 169 cm³/mol. The molecule has 0 amide bonds. The van der Waals surface area contributed by atoms with Gasteiger partial charge in [0.1, 0.15) is 17.2 Å². The second kappa shape index (κ2) is 12.3. The summed E-state index contributed by atoms with van der Waals surface area (Å²) in [6.07, 6.45) is 5.80. The molecule has 0 fully saturated rings. The van der Waals surface area contributed by atoms with Crippen LogP contribution in [0.15, 0.2) is 152 Å². The largest absolute Gasteiger partial charge is 0.508 e. The van der Waals surface area contributed by atoms with E-state index in [1.54, 1.807) is 36.4 Å². The van der Waals surface area contributed by atoms with Gasteiger partial charge in [-0.3, -0.25) is 0 Å². The summed E-state index contributed by atoms with van der Waals surface area (Å²) in [4.78, 5) is 0. The molecular formula is C38H32O3. The molecule has 5 aromatic carbocycles. The lowest BCUT2D eigenvalue weighted by molar-refractivity contribution is 0.467. The minimum absolute atomic E-state index is 0.205. The Labute approximate surface area is 241 Å². The SMILES string of the molecule is C=C/C=C(\C=C(/C)C(c1ccc(-c2ccccc2)cc1)c1cc(-c2ccc(O)cc2)ccc1O)c1ccc(O)cc1. The van der Waals surface area contributed by atoms with E-state index in [4.69, 9.17) is 0 Å². The van der Waals surface area contributed by atoms with Crippen LogP contribution >= 0.6 is 0 Å². The number of benzene rings is 5. The summed E-state index contributed by atoms with van der Waals surface area (Å²) in [7, 11) is 0. The maximum absolute atomic E-state index is 11.2. The van der Waals surface area contributed by atoms with Crippen molar-refractivity contribution in [3.8, 4) is 39.5 Å². The molecule has 1 atom stereocenters. The second-order valence-electron chi connectivity index (χ2n) is 10.0. The Morgan fingerprint density at radius 3 is 1.80 bits per heavy atom. The molecule has 3 heteroatoms. The van der Waals surface area contributed by atoms with Crippen LogP contribution in [0.25, 0.3) is 27.8 Å². The highest BCUT2D eigenvalue weighted by Crippen LogP contribution is 2.41. The third kappa shape index (κ3) is 6.32. The van der Waals surface area contributed by atoms with E-state index in [2.05, 4.69) is 56.0 Å². The van der Waals surface area contributed by atoms with Crippen LogP contribution in [0.2, 0.25) is 0 Å². The number of phenols is 3. The molecule has 41 heavy (non-hydrogen) atoms. The topological polar surface area (TPSA) is 60.7 Å². The van der Waals surface area contributed by atoms with Crippen molar-refractivity contribution in [1.82, 2.24) is 0 Å². The third-order valence-corrected chi connectivity index (χ3v) is 7.23. The Balaban J connectivity index is 1.64. The average molecular weight is 537 g/mol. The molecule has 0 spiro atoms. The zero-order valence-electron chi connectivity index (χ0n) is 22.9. The first-order valence-corrected chi connectivity index (χ1v) is 13.5. The molecule has 0 saturated carbocycles. The van der Waals surface area contributed by atoms with Gasteiger partial charge in [-0.1, -0.05) is 115 Å². The normalized spacial score (nSPS) is 12.6. The first kappa shape index (κ1) is 27.3. The molecule has 0 aliphatic carbocycles. The van der Waals surface area contributed by atoms with Crippen molar-refractivity contribution in [2.75, 3.05) is 0 Å². The molecule has 1 unspecified atom stereocenters. The van der Waals surface area contributed by atoms with E-state index in [0.29, 0.717) is 0 Å². The molecule has 0 heterocycles. The van der Waals surface area contributed by atoms with Crippen LogP contribution in [0.1, 0.15) is 29.5 Å². The number of hydrogen-bond acceptors (Lipinski definition) is 3. The number of aromatic hydroxyl groups is 3. The summed E-state index contributed by atoms with van der Waals surface area (Å²) in [5.41, 5.74) is 8.88. The van der Waals surface area contributed by atoms with Crippen LogP contribution in [0.5, 0.6) is 17.2 Å². The standard InChI is InChI=1S/C38H32O3/c1-3-7-32(29-14-19-34(39)20-15-29)24-26(2)38(31-12-10-28(11-13-31)27-8-5-4-6-9-27)36-25-33(18-23-37(36)41)30-16-21-35(40)22-17-30/h3-25,38-41H,1H2,2H3/b26-24+,32-7+. The van der Waals surface area contributed by atoms with Gasteiger partial charge in [0.2, 0.25) is 0 Å². The fraction of sp³-hybridized carbons (Fsp3) is 0.0526. The molecular weight excluding hydrogens is 504 g/mol. The molecule has 3 nitrogen and oxygen atoms in total. The van der Waals surface area contributed by atoms with Crippen LogP contribution in [0, 0.1) is 0 Å². The number of allylic oxidation sites excluding steroid dienone is 5. The van der Waals surface area contributed by atoms with Crippen molar-refractivity contribution in [3.05, 3.63) is 168 Å². The quantitative estimate of drug-likeness (QED) is 0.173. The van der Waals surface area contributed by atoms with Crippen molar-refractivity contribution in [3.63, 3.8) is 0 Å². The van der Waals surface area contributed by atoms with Gasteiger partial charge in [-0.05, 0) is 82.3 Å². The fourth-order valence-electron chi connectivity index (χ4n) is 5.14. The maximum Gasteiger partial charge on any atom is 0.119 e. The van der Waals surface area contributed by atoms with E-state index in [1.807, 2.05) is 60.7 Å². The summed E-state index contributed by atoms with van der Waals surface area (Å²) in [6, 6.07) is 38.5. The van der Waals surface area contributed by atoms with Crippen molar-refractivity contribution < 1.29 is 15.3 Å². The van der Waals surface area contributed by atoms with Gasteiger partial charge in [0.25, 0.3) is 0 Å². The van der Waals surface area contributed by atoms with E-state index in [1.165, 1.54) is 0 Å². The van der Waals surface area contributed by atoms with E-state index < -0.39 is 0 Å². The zero-order valence-corrected chi connectivity index (χ0v) is 22.9. The predicted octanol–water partition coefficient (Wildman–Crippen LogP) is 9.49. The lowest BCUT2D eigenvalue weighted by atomic mass is 9.82. The van der Waals surface area contributed by atoms with E-state index in [9.17, 15) is 15.3 Å². The Morgan fingerprint density at radius 2 is 1.17 bits per heavy atom. The van der Waals surface area contributed by atoms with Gasteiger partial charge in [-0.2, -0.15) is 0 Å². The molecule has 0 aliphatic rings. The minimum Gasteiger partial charge on any atom is -0.508 e. The summed E-state index contributed by atoms with van der Waals surface area (Å²) >= 11 is 0. The minimum atomic E-state index is -0.248. The van der Waals surface area contributed by atoms with Gasteiger partial charge in [-0.25, -0.2) is 0 Å². The molecule has 5 aromatic rings. The Hall–Kier alpha value is -5.28. The van der Waals surface area contributed by atoms with Gasteiger partial charge in [0, 0.05) is 11.5 Å². The van der Waals surface area contributed by atoms with Crippen molar-refractivity contribution in [2.24, 2.45) is 0 Å². The summed E-state index contributed by atoms with van der Waals surface area (Å²) in [5.74, 6) is 0.372. The van der Waals surface area contributed by atoms with Gasteiger partial charge in [-0.15, -0.1) is 0 Å². The Bertz CT molecular complexity index is 1690. The highest BCUT2D eigenvalue weighted by atomic mass is 16.3. The van der Waals surface area contributed by atoms with Crippen LogP contribution in [0.4, 0.5) is 0 Å². The monoisotopic (exact) mass is 536 g/mol. The summed E-state index contributed by atoms with van der Waals surface area (Å²) < 4.78 is 0. The number of rotatable bonds is 8. The number of hydrogen-bond donors (Lipinski definition) is 3. The molecule has 0 bridgehead atoms. The van der Waals surface area contributed by atoms with E-state index >= 15 is 0 Å². The van der Waals surface area contributed by atoms with Gasteiger partial charge < -0.3 is 15.3 Å². The summed E-state index contributed by atoms with van der Waals surface area (Å²) in [5, 5.41) is 30.8. The molecule has 0 saturated heterocycles. The molecule has 202 valence electrons. The molecule has 0 radical (unpaired) electrons.